The average Bonchev–Trinajstić information content (AvgIpc) is 2.14. The summed E-state index contributed by atoms with van der Waals surface area (Å²) in [5.41, 5.74) is 10.2. The first kappa shape index (κ1) is 15.2. The SMILES string of the molecule is CCCCCN.NC(CS)C(=O)O. The molecule has 0 aliphatic rings. The minimum absolute atomic E-state index is 0.190. The highest BCUT2D eigenvalue weighted by molar-refractivity contribution is 7.80. The third-order valence-electron chi connectivity index (χ3n) is 1.32. The van der Waals surface area contributed by atoms with Gasteiger partial charge in [0.1, 0.15) is 6.04 Å². The van der Waals surface area contributed by atoms with E-state index in [9.17, 15) is 4.79 Å². The molecule has 13 heavy (non-hydrogen) atoms. The quantitative estimate of drug-likeness (QED) is 0.390. The van der Waals surface area contributed by atoms with Gasteiger partial charge in [0, 0.05) is 5.75 Å². The first-order valence-corrected chi connectivity index (χ1v) is 5.02. The Morgan fingerprint density at radius 1 is 1.54 bits per heavy atom. The second-order valence-corrected chi connectivity index (χ2v) is 2.99. The highest BCUT2D eigenvalue weighted by Crippen LogP contribution is 1.88. The normalized spacial score (nSPS) is 11.4. The van der Waals surface area contributed by atoms with Gasteiger partial charge >= 0.3 is 5.97 Å². The van der Waals surface area contributed by atoms with Gasteiger partial charge in [-0.05, 0) is 13.0 Å². The molecule has 0 fully saturated rings. The van der Waals surface area contributed by atoms with Crippen LogP contribution in [0.25, 0.3) is 0 Å². The molecule has 0 aromatic rings. The lowest BCUT2D eigenvalue weighted by Crippen LogP contribution is -2.31. The Hall–Kier alpha value is -0.260. The van der Waals surface area contributed by atoms with Crippen molar-refractivity contribution in [2.45, 2.75) is 32.2 Å². The van der Waals surface area contributed by atoms with Crippen LogP contribution in [-0.2, 0) is 4.79 Å². The van der Waals surface area contributed by atoms with Crippen LogP contribution in [0, 0.1) is 0 Å². The Labute approximate surface area is 85.1 Å². The van der Waals surface area contributed by atoms with Crippen molar-refractivity contribution in [3.05, 3.63) is 0 Å². The second kappa shape index (κ2) is 11.7. The van der Waals surface area contributed by atoms with Gasteiger partial charge < -0.3 is 16.6 Å². The third kappa shape index (κ3) is 14.6. The largest absolute Gasteiger partial charge is 0.480 e. The molecule has 0 saturated heterocycles. The second-order valence-electron chi connectivity index (χ2n) is 2.62. The van der Waals surface area contributed by atoms with Crippen LogP contribution in [0.4, 0.5) is 0 Å². The summed E-state index contributed by atoms with van der Waals surface area (Å²) in [5.74, 6) is -0.815. The lowest BCUT2D eigenvalue weighted by Gasteiger charge is -1.96. The minimum atomic E-state index is -1.00. The molecule has 0 heterocycles. The summed E-state index contributed by atoms with van der Waals surface area (Å²) in [5, 5.41) is 8.01. The van der Waals surface area contributed by atoms with Crippen LogP contribution in [0.5, 0.6) is 0 Å². The van der Waals surface area contributed by atoms with Crippen LogP contribution in [0.1, 0.15) is 26.2 Å². The zero-order valence-corrected chi connectivity index (χ0v) is 8.96. The van der Waals surface area contributed by atoms with Gasteiger partial charge in [-0.3, -0.25) is 4.79 Å². The molecule has 0 aromatic heterocycles. The van der Waals surface area contributed by atoms with Crippen molar-refractivity contribution in [3.63, 3.8) is 0 Å². The molecule has 0 amide bonds. The Bertz CT molecular complexity index is 119. The van der Waals surface area contributed by atoms with E-state index >= 15 is 0 Å². The summed E-state index contributed by atoms with van der Waals surface area (Å²) in [6.07, 6.45) is 3.75. The minimum Gasteiger partial charge on any atom is -0.480 e. The van der Waals surface area contributed by atoms with E-state index in [1.165, 1.54) is 19.3 Å². The molecule has 0 aliphatic heterocycles. The number of carboxylic acid groups (broad SMARTS) is 1. The van der Waals surface area contributed by atoms with Crippen LogP contribution in [0.2, 0.25) is 0 Å². The molecule has 5 heteroatoms. The molecule has 80 valence electrons. The standard InChI is InChI=1S/C5H13N.C3H7NO2S/c1-2-3-4-5-6;4-2(1-7)3(5)6/h2-6H2,1H3;2,7H,1,4H2,(H,5,6). The molecular weight excluding hydrogens is 188 g/mol. The van der Waals surface area contributed by atoms with E-state index in [-0.39, 0.29) is 5.75 Å². The van der Waals surface area contributed by atoms with Gasteiger partial charge in [0.2, 0.25) is 0 Å². The van der Waals surface area contributed by atoms with E-state index in [2.05, 4.69) is 19.6 Å². The van der Waals surface area contributed by atoms with Gasteiger partial charge in [-0.1, -0.05) is 19.8 Å². The molecule has 0 aromatic carbocycles. The molecule has 1 atom stereocenters. The highest BCUT2D eigenvalue weighted by Gasteiger charge is 2.06. The molecule has 0 spiro atoms. The number of hydrogen-bond donors (Lipinski definition) is 4. The first-order valence-electron chi connectivity index (χ1n) is 4.39. The van der Waals surface area contributed by atoms with Crippen molar-refractivity contribution < 1.29 is 9.90 Å². The van der Waals surface area contributed by atoms with Crippen LogP contribution >= 0.6 is 12.6 Å². The molecule has 0 saturated carbocycles. The molecule has 0 bridgehead atoms. The van der Waals surface area contributed by atoms with Crippen LogP contribution in [0.15, 0.2) is 0 Å². The first-order chi connectivity index (χ1) is 6.09. The third-order valence-corrected chi connectivity index (χ3v) is 1.71. The molecule has 1 unspecified atom stereocenters. The van der Waals surface area contributed by atoms with Crippen molar-refractivity contribution in [2.75, 3.05) is 12.3 Å². The number of aliphatic carboxylic acids is 1. The Balaban J connectivity index is 0. The van der Waals surface area contributed by atoms with Crippen LogP contribution in [-0.4, -0.2) is 29.4 Å². The number of carboxylic acids is 1. The van der Waals surface area contributed by atoms with E-state index in [1.54, 1.807) is 0 Å². The molecule has 0 rings (SSSR count). The maximum absolute atomic E-state index is 9.76. The zero-order valence-electron chi connectivity index (χ0n) is 8.07. The topological polar surface area (TPSA) is 89.3 Å². The van der Waals surface area contributed by atoms with Gasteiger partial charge in [-0.15, -0.1) is 0 Å². The van der Waals surface area contributed by atoms with Crippen LogP contribution < -0.4 is 11.5 Å². The maximum atomic E-state index is 9.76. The Morgan fingerprint density at radius 2 is 2.08 bits per heavy atom. The zero-order chi connectivity index (χ0) is 10.7. The van der Waals surface area contributed by atoms with Gasteiger partial charge in [-0.25, -0.2) is 0 Å². The van der Waals surface area contributed by atoms with Crippen molar-refractivity contribution in [3.8, 4) is 0 Å². The predicted molar refractivity (Wildman–Crippen MR) is 58.0 cm³/mol. The Morgan fingerprint density at radius 3 is 2.15 bits per heavy atom. The fourth-order valence-electron chi connectivity index (χ4n) is 0.472. The predicted octanol–water partition coefficient (Wildman–Crippen LogP) is 0.463. The van der Waals surface area contributed by atoms with E-state index in [4.69, 9.17) is 16.6 Å². The van der Waals surface area contributed by atoms with Gasteiger partial charge in [0.15, 0.2) is 0 Å². The van der Waals surface area contributed by atoms with Crippen molar-refractivity contribution >= 4 is 18.6 Å². The fraction of sp³-hybridized carbons (Fsp3) is 0.875. The summed E-state index contributed by atoms with van der Waals surface area (Å²) in [7, 11) is 0. The van der Waals surface area contributed by atoms with E-state index in [1.807, 2.05) is 0 Å². The monoisotopic (exact) mass is 208 g/mol. The summed E-state index contributed by atoms with van der Waals surface area (Å²) >= 11 is 3.65. The molecule has 0 radical (unpaired) electrons. The molecule has 4 nitrogen and oxygen atoms in total. The number of unbranched alkanes of at least 4 members (excludes halogenated alkanes) is 2. The van der Waals surface area contributed by atoms with Gasteiger partial charge in [0.05, 0.1) is 0 Å². The van der Waals surface area contributed by atoms with Crippen molar-refractivity contribution in [1.82, 2.24) is 0 Å². The highest BCUT2D eigenvalue weighted by atomic mass is 32.1. The van der Waals surface area contributed by atoms with E-state index in [0.29, 0.717) is 0 Å². The number of hydrogen-bond acceptors (Lipinski definition) is 4. The van der Waals surface area contributed by atoms with E-state index in [0.717, 1.165) is 6.54 Å². The van der Waals surface area contributed by atoms with Crippen molar-refractivity contribution in [1.29, 1.82) is 0 Å². The van der Waals surface area contributed by atoms with Gasteiger partial charge in [0.25, 0.3) is 0 Å². The average molecular weight is 208 g/mol. The molecular formula is C8H20N2O2S. The van der Waals surface area contributed by atoms with E-state index < -0.39 is 12.0 Å². The summed E-state index contributed by atoms with van der Waals surface area (Å²) in [6, 6.07) is -0.816. The van der Waals surface area contributed by atoms with Gasteiger partial charge in [-0.2, -0.15) is 12.6 Å². The van der Waals surface area contributed by atoms with Crippen LogP contribution in [0.3, 0.4) is 0 Å². The number of rotatable bonds is 5. The lowest BCUT2D eigenvalue weighted by atomic mass is 10.3. The summed E-state index contributed by atoms with van der Waals surface area (Å²) in [6.45, 7) is 3.03. The number of thiol groups is 1. The summed E-state index contributed by atoms with van der Waals surface area (Å²) < 4.78 is 0. The lowest BCUT2D eigenvalue weighted by molar-refractivity contribution is -0.137. The van der Waals surface area contributed by atoms with Crippen molar-refractivity contribution in [2.24, 2.45) is 11.5 Å². The fourth-order valence-corrected chi connectivity index (χ4v) is 0.629. The smallest absolute Gasteiger partial charge is 0.321 e. The number of nitrogens with two attached hydrogens (primary N) is 2. The summed E-state index contributed by atoms with van der Waals surface area (Å²) in [4.78, 5) is 9.76. The molecule has 0 aliphatic carbocycles. The molecule has 5 N–H and O–H groups in total. The maximum Gasteiger partial charge on any atom is 0.321 e. The number of carbonyl (C=O) groups is 1. The Kier molecular flexibility index (Phi) is 13.7.